The minimum atomic E-state index is -0.590. The van der Waals surface area contributed by atoms with E-state index < -0.39 is 6.10 Å². The third-order valence-corrected chi connectivity index (χ3v) is 5.06. The Balaban J connectivity index is 1.47. The van der Waals surface area contributed by atoms with Crippen LogP contribution in [-0.2, 0) is 7.05 Å². The second kappa shape index (κ2) is 6.78. The summed E-state index contributed by atoms with van der Waals surface area (Å²) in [5.74, 6) is 2.03. The number of aliphatic hydroxyl groups is 1. The molecule has 1 unspecified atom stereocenters. The van der Waals surface area contributed by atoms with E-state index in [1.807, 2.05) is 64.5 Å². The molecule has 0 aliphatic heterocycles. The molecule has 0 bridgehead atoms. The number of aryl methyl sites for hydroxylation is 1. The van der Waals surface area contributed by atoms with Crippen molar-refractivity contribution in [2.45, 2.75) is 11.3 Å². The number of ether oxygens (including phenoxy) is 1. The summed E-state index contributed by atoms with van der Waals surface area (Å²) in [4.78, 5) is 0. The molecule has 0 saturated heterocycles. The van der Waals surface area contributed by atoms with Crippen molar-refractivity contribution in [2.75, 3.05) is 12.4 Å². The number of aliphatic hydroxyl groups excluding tert-OH is 1. The standard InChI is InChI=1S/C18H18N4O2S/c1-21-15-9-5-6-10-16(15)22-17(21)19-20-18(22)25-12-13(23)11-24-14-7-3-2-4-8-14/h2-10,13,23H,11-12H2,1H3. The maximum Gasteiger partial charge on any atom is 0.236 e. The van der Waals surface area contributed by atoms with Gasteiger partial charge < -0.3 is 14.4 Å². The molecule has 2 aromatic carbocycles. The zero-order valence-corrected chi connectivity index (χ0v) is 14.6. The van der Waals surface area contributed by atoms with Gasteiger partial charge in [-0.25, -0.2) is 0 Å². The summed E-state index contributed by atoms with van der Waals surface area (Å²) < 4.78 is 9.62. The first-order chi connectivity index (χ1) is 12.2. The summed E-state index contributed by atoms with van der Waals surface area (Å²) >= 11 is 1.47. The van der Waals surface area contributed by atoms with Crippen LogP contribution in [0, 0.1) is 0 Å². The number of nitrogens with zero attached hydrogens (tertiary/aromatic N) is 4. The van der Waals surface area contributed by atoms with E-state index in [0.717, 1.165) is 27.7 Å². The van der Waals surface area contributed by atoms with Crippen molar-refractivity contribution in [1.29, 1.82) is 0 Å². The fourth-order valence-corrected chi connectivity index (χ4v) is 3.60. The van der Waals surface area contributed by atoms with E-state index in [4.69, 9.17) is 4.74 Å². The lowest BCUT2D eigenvalue weighted by Crippen LogP contribution is -2.20. The van der Waals surface area contributed by atoms with E-state index in [-0.39, 0.29) is 6.61 Å². The van der Waals surface area contributed by atoms with Gasteiger partial charge >= 0.3 is 0 Å². The van der Waals surface area contributed by atoms with Crippen LogP contribution in [0.25, 0.3) is 16.8 Å². The van der Waals surface area contributed by atoms with Crippen LogP contribution in [0.3, 0.4) is 0 Å². The van der Waals surface area contributed by atoms with Gasteiger partial charge in [0.05, 0.1) is 17.1 Å². The minimum Gasteiger partial charge on any atom is -0.491 e. The van der Waals surface area contributed by atoms with Crippen molar-refractivity contribution in [3.8, 4) is 5.75 Å². The number of benzene rings is 2. The highest BCUT2D eigenvalue weighted by Gasteiger charge is 2.16. The van der Waals surface area contributed by atoms with E-state index >= 15 is 0 Å². The number of rotatable bonds is 6. The fourth-order valence-electron chi connectivity index (χ4n) is 2.76. The van der Waals surface area contributed by atoms with Crippen molar-refractivity contribution in [3.05, 3.63) is 54.6 Å². The topological polar surface area (TPSA) is 64.6 Å². The van der Waals surface area contributed by atoms with E-state index in [1.54, 1.807) is 0 Å². The van der Waals surface area contributed by atoms with Crippen LogP contribution in [-0.4, -0.2) is 42.7 Å². The molecule has 128 valence electrons. The van der Waals surface area contributed by atoms with Gasteiger partial charge in [-0.2, -0.15) is 0 Å². The second-order valence-electron chi connectivity index (χ2n) is 5.75. The van der Waals surface area contributed by atoms with Gasteiger partial charge in [0.15, 0.2) is 5.16 Å². The highest BCUT2D eigenvalue weighted by atomic mass is 32.2. The molecule has 1 atom stereocenters. The first kappa shape index (κ1) is 16.0. The first-order valence-corrected chi connectivity index (χ1v) is 9.00. The van der Waals surface area contributed by atoms with E-state index in [2.05, 4.69) is 16.3 Å². The molecule has 0 saturated carbocycles. The van der Waals surface area contributed by atoms with Crippen molar-refractivity contribution < 1.29 is 9.84 Å². The monoisotopic (exact) mass is 354 g/mol. The Morgan fingerprint density at radius 1 is 1.04 bits per heavy atom. The van der Waals surface area contributed by atoms with Crippen molar-refractivity contribution in [2.24, 2.45) is 7.05 Å². The Morgan fingerprint density at radius 2 is 1.76 bits per heavy atom. The van der Waals surface area contributed by atoms with Gasteiger partial charge in [-0.3, -0.25) is 4.40 Å². The molecule has 25 heavy (non-hydrogen) atoms. The number of aromatic nitrogens is 4. The van der Waals surface area contributed by atoms with Gasteiger partial charge in [-0.15, -0.1) is 10.2 Å². The number of fused-ring (bicyclic) bond motifs is 3. The molecule has 0 amide bonds. The van der Waals surface area contributed by atoms with Crippen molar-refractivity contribution in [1.82, 2.24) is 19.2 Å². The Morgan fingerprint density at radius 3 is 2.56 bits per heavy atom. The highest BCUT2D eigenvalue weighted by molar-refractivity contribution is 7.99. The van der Waals surface area contributed by atoms with Crippen LogP contribution < -0.4 is 4.74 Å². The van der Waals surface area contributed by atoms with Crippen LogP contribution in [0.4, 0.5) is 0 Å². The number of hydrogen-bond donors (Lipinski definition) is 1. The number of imidazole rings is 1. The average Bonchev–Trinajstić information content (AvgIpc) is 3.19. The molecule has 0 radical (unpaired) electrons. The molecular formula is C18H18N4O2S. The predicted octanol–water partition coefficient (Wildman–Crippen LogP) is 2.75. The normalized spacial score (nSPS) is 12.7. The first-order valence-electron chi connectivity index (χ1n) is 8.01. The highest BCUT2D eigenvalue weighted by Crippen LogP contribution is 2.25. The smallest absolute Gasteiger partial charge is 0.236 e. The van der Waals surface area contributed by atoms with Crippen LogP contribution in [0.5, 0.6) is 5.75 Å². The van der Waals surface area contributed by atoms with Crippen LogP contribution >= 0.6 is 11.8 Å². The number of hydrogen-bond acceptors (Lipinski definition) is 5. The van der Waals surface area contributed by atoms with Crippen molar-refractivity contribution >= 4 is 28.6 Å². The number of para-hydroxylation sites is 3. The number of thioether (sulfide) groups is 1. The molecule has 0 fully saturated rings. The summed E-state index contributed by atoms with van der Waals surface area (Å²) in [6.45, 7) is 0.245. The summed E-state index contributed by atoms with van der Waals surface area (Å²) in [6.07, 6.45) is -0.590. The summed E-state index contributed by atoms with van der Waals surface area (Å²) in [5, 5.41) is 19.5. The van der Waals surface area contributed by atoms with Crippen LogP contribution in [0.2, 0.25) is 0 Å². The molecule has 7 heteroatoms. The summed E-state index contributed by atoms with van der Waals surface area (Å²) in [5.41, 5.74) is 2.16. The molecule has 4 rings (SSSR count). The SMILES string of the molecule is Cn1c2ccccc2n2c(SCC(O)COc3ccccc3)nnc12. The van der Waals surface area contributed by atoms with E-state index in [0.29, 0.717) is 5.75 Å². The van der Waals surface area contributed by atoms with Gasteiger partial charge in [0.2, 0.25) is 5.78 Å². The lowest BCUT2D eigenvalue weighted by atomic mass is 10.3. The quantitative estimate of drug-likeness (QED) is 0.540. The van der Waals surface area contributed by atoms with Crippen LogP contribution in [0.1, 0.15) is 0 Å². The molecule has 6 nitrogen and oxygen atoms in total. The zero-order valence-electron chi connectivity index (χ0n) is 13.7. The van der Waals surface area contributed by atoms with E-state index in [9.17, 15) is 5.11 Å². The molecule has 0 aliphatic rings. The lowest BCUT2D eigenvalue weighted by molar-refractivity contribution is 0.126. The lowest BCUT2D eigenvalue weighted by Gasteiger charge is -2.11. The molecule has 1 N–H and O–H groups in total. The molecule has 2 heterocycles. The second-order valence-corrected chi connectivity index (χ2v) is 6.74. The molecule has 4 aromatic rings. The Bertz CT molecular complexity index is 996. The molecular weight excluding hydrogens is 336 g/mol. The Hall–Kier alpha value is -2.51. The van der Waals surface area contributed by atoms with E-state index in [1.165, 1.54) is 11.8 Å². The Kier molecular flexibility index (Phi) is 4.33. The summed E-state index contributed by atoms with van der Waals surface area (Å²) in [7, 11) is 1.98. The minimum absolute atomic E-state index is 0.245. The third-order valence-electron chi connectivity index (χ3n) is 3.99. The predicted molar refractivity (Wildman–Crippen MR) is 98.1 cm³/mol. The zero-order chi connectivity index (χ0) is 17.2. The van der Waals surface area contributed by atoms with Crippen LogP contribution in [0.15, 0.2) is 59.8 Å². The maximum absolute atomic E-state index is 10.2. The largest absolute Gasteiger partial charge is 0.491 e. The van der Waals surface area contributed by atoms with Gasteiger partial charge in [0.25, 0.3) is 0 Å². The molecule has 0 spiro atoms. The van der Waals surface area contributed by atoms with Crippen molar-refractivity contribution in [3.63, 3.8) is 0 Å². The van der Waals surface area contributed by atoms with Gasteiger partial charge in [0, 0.05) is 12.8 Å². The fraction of sp³-hybridized carbons (Fsp3) is 0.222. The van der Waals surface area contributed by atoms with Gasteiger partial charge in [0.1, 0.15) is 12.4 Å². The molecule has 0 aliphatic carbocycles. The van der Waals surface area contributed by atoms with Gasteiger partial charge in [-0.1, -0.05) is 42.1 Å². The maximum atomic E-state index is 10.2. The Labute approximate surface area is 149 Å². The molecule has 2 aromatic heterocycles. The summed E-state index contributed by atoms with van der Waals surface area (Å²) in [6, 6.07) is 17.6. The average molecular weight is 354 g/mol. The third kappa shape index (κ3) is 3.08. The van der Waals surface area contributed by atoms with Gasteiger partial charge in [-0.05, 0) is 24.3 Å².